The number of esters is 1. The first-order valence-electron chi connectivity index (χ1n) is 7.47. The fourth-order valence-corrected chi connectivity index (χ4v) is 3.73. The van der Waals surface area contributed by atoms with Crippen LogP contribution in [0.15, 0.2) is 16.6 Å². The fraction of sp³-hybridized carbons (Fsp3) is 0.588. The molecule has 0 bridgehead atoms. The monoisotopic (exact) mass is 353 g/mol. The highest BCUT2D eigenvalue weighted by molar-refractivity contribution is 9.10. The zero-order valence-electron chi connectivity index (χ0n) is 13.3. The molecule has 0 amide bonds. The van der Waals surface area contributed by atoms with Gasteiger partial charge >= 0.3 is 5.97 Å². The maximum absolute atomic E-state index is 11.2. The maximum atomic E-state index is 11.2. The van der Waals surface area contributed by atoms with Crippen molar-refractivity contribution in [3.63, 3.8) is 0 Å². The average Bonchev–Trinajstić information content (AvgIpc) is 2.35. The summed E-state index contributed by atoms with van der Waals surface area (Å²) >= 11 is 3.55. The van der Waals surface area contributed by atoms with Crippen LogP contribution < -0.4 is 0 Å². The first kappa shape index (κ1) is 16.5. The minimum absolute atomic E-state index is 0.175. The lowest BCUT2D eigenvalue weighted by Crippen LogP contribution is -2.44. The molecule has 0 aromatic heterocycles. The second-order valence-electron chi connectivity index (χ2n) is 6.34. The highest BCUT2D eigenvalue weighted by atomic mass is 79.9. The Hall–Kier alpha value is -0.870. The van der Waals surface area contributed by atoms with E-state index in [0.717, 1.165) is 36.9 Å². The molecule has 1 aliphatic rings. The number of halogens is 1. The van der Waals surface area contributed by atoms with Crippen molar-refractivity contribution in [2.45, 2.75) is 52.7 Å². The number of ether oxygens (including phenoxy) is 1. The predicted molar refractivity (Wildman–Crippen MR) is 88.3 cm³/mol. The van der Waals surface area contributed by atoms with Crippen molar-refractivity contribution >= 4 is 21.9 Å². The Morgan fingerprint density at radius 3 is 2.29 bits per heavy atom. The molecule has 3 nitrogen and oxygen atoms in total. The summed E-state index contributed by atoms with van der Waals surface area (Å²) in [6.07, 6.45) is 1.81. The van der Waals surface area contributed by atoms with Crippen molar-refractivity contribution in [1.82, 2.24) is 4.90 Å². The lowest BCUT2D eigenvalue weighted by Gasteiger charge is -2.39. The van der Waals surface area contributed by atoms with Crippen molar-refractivity contribution < 1.29 is 9.53 Å². The SMILES string of the molecule is CC(=O)OC1(C)CCN(Cc2c(C)cc(Br)cc2C)CC1. The van der Waals surface area contributed by atoms with Gasteiger partial charge in [-0.05, 0) is 62.4 Å². The van der Waals surface area contributed by atoms with E-state index in [1.807, 2.05) is 6.92 Å². The van der Waals surface area contributed by atoms with Crippen molar-refractivity contribution in [1.29, 1.82) is 0 Å². The van der Waals surface area contributed by atoms with Crippen LogP contribution in [0, 0.1) is 13.8 Å². The van der Waals surface area contributed by atoms with Gasteiger partial charge in [0.25, 0.3) is 0 Å². The Morgan fingerprint density at radius 1 is 1.29 bits per heavy atom. The number of benzene rings is 1. The van der Waals surface area contributed by atoms with Gasteiger partial charge in [0, 0.05) is 31.0 Å². The summed E-state index contributed by atoms with van der Waals surface area (Å²) in [7, 11) is 0. The maximum Gasteiger partial charge on any atom is 0.303 e. The van der Waals surface area contributed by atoms with Crippen LogP contribution >= 0.6 is 15.9 Å². The fourth-order valence-electron chi connectivity index (χ4n) is 3.05. The van der Waals surface area contributed by atoms with Gasteiger partial charge in [-0.1, -0.05) is 15.9 Å². The lowest BCUT2D eigenvalue weighted by atomic mass is 9.92. The van der Waals surface area contributed by atoms with E-state index in [1.54, 1.807) is 0 Å². The molecule has 2 rings (SSSR count). The number of hydrogen-bond donors (Lipinski definition) is 0. The number of rotatable bonds is 3. The van der Waals surface area contributed by atoms with E-state index in [1.165, 1.54) is 23.6 Å². The molecule has 4 heteroatoms. The number of piperidine rings is 1. The van der Waals surface area contributed by atoms with Crippen molar-refractivity contribution in [2.75, 3.05) is 13.1 Å². The van der Waals surface area contributed by atoms with Gasteiger partial charge in [-0.15, -0.1) is 0 Å². The van der Waals surface area contributed by atoms with Crippen LogP contribution in [0.25, 0.3) is 0 Å². The minimum Gasteiger partial charge on any atom is -0.459 e. The van der Waals surface area contributed by atoms with Crippen molar-refractivity contribution in [2.24, 2.45) is 0 Å². The van der Waals surface area contributed by atoms with E-state index in [-0.39, 0.29) is 11.6 Å². The lowest BCUT2D eigenvalue weighted by molar-refractivity contribution is -0.159. The van der Waals surface area contributed by atoms with Gasteiger partial charge < -0.3 is 4.74 Å². The van der Waals surface area contributed by atoms with Gasteiger partial charge in [-0.25, -0.2) is 0 Å². The third-order valence-corrected chi connectivity index (χ3v) is 4.80. The van der Waals surface area contributed by atoms with Crippen molar-refractivity contribution in [3.8, 4) is 0 Å². The molecule has 0 unspecified atom stereocenters. The van der Waals surface area contributed by atoms with Crippen LogP contribution in [0.1, 0.15) is 43.4 Å². The smallest absolute Gasteiger partial charge is 0.303 e. The van der Waals surface area contributed by atoms with Gasteiger partial charge in [-0.2, -0.15) is 0 Å². The number of carbonyl (C=O) groups is 1. The molecule has 1 aromatic rings. The first-order valence-corrected chi connectivity index (χ1v) is 8.26. The Kier molecular flexibility index (Phi) is 5.10. The third-order valence-electron chi connectivity index (χ3n) is 4.35. The molecule has 0 saturated carbocycles. The van der Waals surface area contributed by atoms with E-state index in [9.17, 15) is 4.79 Å². The normalized spacial score (nSPS) is 18.5. The summed E-state index contributed by atoms with van der Waals surface area (Å²) in [4.78, 5) is 13.6. The summed E-state index contributed by atoms with van der Waals surface area (Å²) in [6, 6.07) is 4.35. The number of aryl methyl sites for hydroxylation is 2. The standard InChI is InChI=1S/C17H24BrNO2/c1-12-9-15(18)10-13(2)16(12)11-19-7-5-17(4,6-8-19)21-14(3)20/h9-10H,5-8,11H2,1-4H3. The Bertz CT molecular complexity index is 511. The van der Waals surface area contributed by atoms with Crippen LogP contribution in [0.4, 0.5) is 0 Å². The summed E-state index contributed by atoms with van der Waals surface area (Å²) in [5.41, 5.74) is 3.78. The molecule has 0 spiro atoms. The highest BCUT2D eigenvalue weighted by Gasteiger charge is 2.32. The molecule has 1 aliphatic heterocycles. The van der Waals surface area contributed by atoms with E-state index in [0.29, 0.717) is 0 Å². The van der Waals surface area contributed by atoms with Gasteiger partial charge in [0.05, 0.1) is 0 Å². The second-order valence-corrected chi connectivity index (χ2v) is 7.25. The highest BCUT2D eigenvalue weighted by Crippen LogP contribution is 2.28. The second kappa shape index (κ2) is 6.49. The van der Waals surface area contributed by atoms with Crippen LogP contribution in [-0.2, 0) is 16.1 Å². The van der Waals surface area contributed by atoms with Crippen LogP contribution in [-0.4, -0.2) is 29.6 Å². The molecule has 1 fully saturated rings. The summed E-state index contributed by atoms with van der Waals surface area (Å²) in [5, 5.41) is 0. The molecular weight excluding hydrogens is 330 g/mol. The van der Waals surface area contributed by atoms with Crippen molar-refractivity contribution in [3.05, 3.63) is 33.3 Å². The van der Waals surface area contributed by atoms with Gasteiger partial charge in [0.1, 0.15) is 5.60 Å². The first-order chi connectivity index (χ1) is 9.79. The Labute approximate surface area is 135 Å². The van der Waals surface area contributed by atoms with E-state index >= 15 is 0 Å². The molecule has 1 saturated heterocycles. The zero-order chi connectivity index (χ0) is 15.6. The van der Waals surface area contributed by atoms with Crippen LogP contribution in [0.3, 0.4) is 0 Å². The van der Waals surface area contributed by atoms with E-state index in [2.05, 4.69) is 46.8 Å². The predicted octanol–water partition coefficient (Wildman–Crippen LogP) is 3.98. The molecule has 0 atom stereocenters. The minimum atomic E-state index is -0.286. The van der Waals surface area contributed by atoms with Gasteiger partial charge in [-0.3, -0.25) is 9.69 Å². The molecule has 116 valence electrons. The third kappa shape index (κ3) is 4.30. The molecular formula is C17H24BrNO2. The molecule has 0 N–H and O–H groups in total. The molecule has 0 aliphatic carbocycles. The molecule has 1 heterocycles. The number of nitrogens with zero attached hydrogens (tertiary/aromatic N) is 1. The number of hydrogen-bond acceptors (Lipinski definition) is 3. The quantitative estimate of drug-likeness (QED) is 0.769. The molecule has 0 radical (unpaired) electrons. The van der Waals surface area contributed by atoms with Gasteiger partial charge in [0.2, 0.25) is 0 Å². The average molecular weight is 354 g/mol. The zero-order valence-corrected chi connectivity index (χ0v) is 14.9. The molecule has 21 heavy (non-hydrogen) atoms. The summed E-state index contributed by atoms with van der Waals surface area (Å²) in [5.74, 6) is -0.175. The summed E-state index contributed by atoms with van der Waals surface area (Å²) in [6.45, 7) is 10.8. The topological polar surface area (TPSA) is 29.5 Å². The van der Waals surface area contributed by atoms with E-state index in [4.69, 9.17) is 4.74 Å². The largest absolute Gasteiger partial charge is 0.459 e. The van der Waals surface area contributed by atoms with E-state index < -0.39 is 0 Å². The number of likely N-dealkylation sites (tertiary alicyclic amines) is 1. The van der Waals surface area contributed by atoms with Crippen LogP contribution in [0.2, 0.25) is 0 Å². The van der Waals surface area contributed by atoms with Gasteiger partial charge in [0.15, 0.2) is 0 Å². The summed E-state index contributed by atoms with van der Waals surface area (Å²) < 4.78 is 6.61. The Morgan fingerprint density at radius 2 is 1.81 bits per heavy atom. The van der Waals surface area contributed by atoms with Crippen LogP contribution in [0.5, 0.6) is 0 Å². The molecule has 1 aromatic carbocycles. The Balaban J connectivity index is 2.00. The number of carbonyl (C=O) groups excluding carboxylic acids is 1.